The number of benzene rings is 12. The van der Waals surface area contributed by atoms with Crippen molar-refractivity contribution >= 4 is 143 Å². The van der Waals surface area contributed by atoms with Gasteiger partial charge in [0.1, 0.15) is 69.3 Å². The lowest BCUT2D eigenvalue weighted by Crippen LogP contribution is -2.65. The van der Waals surface area contributed by atoms with Crippen molar-refractivity contribution in [2.75, 3.05) is 24.5 Å². The molecular weight excluding hydrogens is 1280 g/mol. The minimum atomic E-state index is -5.57. The Hall–Kier alpha value is -10.9. The molecule has 0 aromatic heterocycles. The zero-order valence-corrected chi connectivity index (χ0v) is 49.9. The van der Waals surface area contributed by atoms with E-state index in [1.54, 1.807) is 42.5 Å². The first-order chi connectivity index (χ1) is 46.3. The van der Waals surface area contributed by atoms with Crippen molar-refractivity contribution in [3.05, 3.63) is 294 Å². The van der Waals surface area contributed by atoms with Crippen LogP contribution in [0, 0.1) is 46.5 Å². The fraction of sp³-hybridized carbons (Fsp3) is 0.0270. The molecule has 4 aliphatic heterocycles. The summed E-state index contributed by atoms with van der Waals surface area (Å²) in [6.07, 6.45) is -10.9. The van der Waals surface area contributed by atoms with E-state index in [4.69, 9.17) is 0 Å². The lowest BCUT2D eigenvalue weighted by molar-refractivity contribution is -0.139. The maximum atomic E-state index is 18.0. The smallest absolute Gasteiger partial charge is 0.310 e. The molecule has 0 saturated heterocycles. The molecule has 0 aliphatic carbocycles. The summed E-state index contributed by atoms with van der Waals surface area (Å²) in [4.78, 5) is 4.82. The molecule has 0 unspecified atom stereocenters. The van der Waals surface area contributed by atoms with Gasteiger partial charge in [0.05, 0.1) is 28.2 Å². The summed E-state index contributed by atoms with van der Waals surface area (Å²) < 4.78 is 237. The van der Waals surface area contributed by atoms with Gasteiger partial charge in [0.25, 0.3) is 6.71 Å². The van der Waals surface area contributed by atoms with Crippen LogP contribution in [0.25, 0.3) is 0 Å². The first-order valence-corrected chi connectivity index (χ1v) is 30.6. The average molecular weight is 1320 g/mol. The molecule has 0 atom stereocenters. The number of fused-ring (bicyclic) bond motifs is 8. The van der Waals surface area contributed by atoms with Crippen LogP contribution in [0.4, 0.5) is 147 Å². The Labute approximate surface area is 543 Å². The molecule has 12 aromatic carbocycles. The van der Waals surface area contributed by atoms with Gasteiger partial charge >= 0.3 is 12.4 Å². The van der Waals surface area contributed by atoms with Crippen molar-refractivity contribution < 1.29 is 61.5 Å². The van der Waals surface area contributed by atoms with Crippen LogP contribution in [0.5, 0.6) is 0 Å². The lowest BCUT2D eigenvalue weighted by Gasteiger charge is -2.47. The number of para-hydroxylation sites is 9. The van der Waals surface area contributed by atoms with Gasteiger partial charge in [0, 0.05) is 55.3 Å². The highest BCUT2D eigenvalue weighted by atomic mass is 32.2. The van der Waals surface area contributed by atoms with E-state index >= 15 is 61.5 Å². The van der Waals surface area contributed by atoms with E-state index in [0.717, 1.165) is 99.6 Å². The Morgan fingerprint density at radius 3 is 1.12 bits per heavy atom. The van der Waals surface area contributed by atoms with Gasteiger partial charge in [-0.2, -0.15) is 26.3 Å². The second-order valence-electron chi connectivity index (χ2n) is 23.1. The molecule has 16 rings (SSSR count). The predicted molar refractivity (Wildman–Crippen MR) is 349 cm³/mol. The van der Waals surface area contributed by atoms with Crippen molar-refractivity contribution in [1.29, 1.82) is 0 Å². The van der Waals surface area contributed by atoms with Crippen LogP contribution in [-0.2, 0) is 12.4 Å². The number of halogens is 14. The summed E-state index contributed by atoms with van der Waals surface area (Å²) in [7, 11) is 0. The van der Waals surface area contributed by atoms with Crippen molar-refractivity contribution in [2.45, 2.75) is 22.1 Å². The van der Waals surface area contributed by atoms with E-state index in [-0.39, 0.29) is 83.2 Å². The fourth-order valence-corrected chi connectivity index (χ4v) is 15.5. The number of hydrogen-bond acceptors (Lipinski definition) is 6. The molecule has 0 N–H and O–H groups in total. The summed E-state index contributed by atoms with van der Waals surface area (Å²) in [5.41, 5.74) is -8.28. The van der Waals surface area contributed by atoms with Gasteiger partial charge in [-0.05, 0) is 149 Å². The van der Waals surface area contributed by atoms with Crippen LogP contribution >= 0.6 is 11.8 Å². The van der Waals surface area contributed by atoms with Crippen molar-refractivity contribution in [3.8, 4) is 0 Å². The van der Waals surface area contributed by atoms with Gasteiger partial charge in [-0.15, -0.1) is 0 Å². The molecule has 5 nitrogen and oxygen atoms in total. The topological polar surface area (TPSA) is 16.2 Å². The highest BCUT2D eigenvalue weighted by Crippen LogP contribution is 2.57. The molecule has 22 heteroatoms. The van der Waals surface area contributed by atoms with Gasteiger partial charge in [-0.25, -0.2) is 35.1 Å². The van der Waals surface area contributed by atoms with E-state index in [0.29, 0.717) is 17.8 Å². The Balaban J connectivity index is 1.07. The molecule has 4 heterocycles. The number of nitrogens with zero attached hydrogens (tertiary/aromatic N) is 5. The van der Waals surface area contributed by atoms with Crippen LogP contribution in [0.2, 0.25) is 0 Å². The zero-order valence-electron chi connectivity index (χ0n) is 49.1. The van der Waals surface area contributed by atoms with Gasteiger partial charge in [-0.3, -0.25) is 0 Å². The largest absolute Gasteiger partial charge is 0.419 e. The van der Waals surface area contributed by atoms with Crippen LogP contribution in [-0.4, -0.2) is 13.4 Å². The van der Waals surface area contributed by atoms with E-state index in [1.165, 1.54) is 113 Å². The van der Waals surface area contributed by atoms with E-state index < -0.39 is 128 Å². The van der Waals surface area contributed by atoms with Crippen LogP contribution < -0.4 is 57.3 Å². The predicted octanol–water partition coefficient (Wildman–Crippen LogP) is 18.6. The van der Waals surface area contributed by atoms with Crippen LogP contribution in [0.15, 0.2) is 246 Å². The summed E-state index contributed by atoms with van der Waals surface area (Å²) in [6, 6.07) is 50.6. The molecule has 0 radical (unpaired) electrons. The second-order valence-corrected chi connectivity index (χ2v) is 24.2. The highest BCUT2D eigenvalue weighted by molar-refractivity contribution is 8.00. The quantitative estimate of drug-likeness (QED) is 0.105. The molecule has 12 aromatic rings. The van der Waals surface area contributed by atoms with Crippen LogP contribution in [0.3, 0.4) is 0 Å². The second kappa shape index (κ2) is 22.4. The first kappa shape index (κ1) is 60.1. The Morgan fingerprint density at radius 2 is 0.677 bits per heavy atom. The number of hydrogen-bond donors (Lipinski definition) is 0. The van der Waals surface area contributed by atoms with Crippen molar-refractivity contribution in [3.63, 3.8) is 0 Å². The van der Waals surface area contributed by atoms with Crippen LogP contribution in [0.1, 0.15) is 11.1 Å². The van der Waals surface area contributed by atoms with Gasteiger partial charge in [-0.1, -0.05) is 132 Å². The SMILES string of the molecule is Fc1cccc(F)c1N(c1ccccc1)c1cc2c3c(c1)N(c1c(F)cccc1F)c1ccccc1B3c1cc3c(c(C(F)(F)F)c1S2)N(c1ccccc1C(F)(F)F)c1cc(N(c2ccccc2)c2c(F)cccc2F)cc2c1B3c1ccccc1N2c1c(F)cccc1F. The number of rotatable bonds is 9. The van der Waals surface area contributed by atoms with Crippen molar-refractivity contribution in [2.24, 2.45) is 0 Å². The highest BCUT2D eigenvalue weighted by Gasteiger charge is 2.54. The first-order valence-electron chi connectivity index (χ1n) is 29.8. The third-order valence-corrected chi connectivity index (χ3v) is 19.0. The van der Waals surface area contributed by atoms with E-state index in [2.05, 4.69) is 0 Å². The molecule has 0 spiro atoms. The third kappa shape index (κ3) is 9.26. The third-order valence-electron chi connectivity index (χ3n) is 17.8. The normalized spacial score (nSPS) is 13.4. The Kier molecular flexibility index (Phi) is 14.0. The van der Waals surface area contributed by atoms with Crippen molar-refractivity contribution in [1.82, 2.24) is 0 Å². The zero-order chi connectivity index (χ0) is 66.4. The molecule has 0 amide bonds. The van der Waals surface area contributed by atoms with Gasteiger partial charge in [0.2, 0.25) is 6.71 Å². The van der Waals surface area contributed by atoms with E-state index in [9.17, 15) is 0 Å². The Morgan fingerprint density at radius 1 is 0.302 bits per heavy atom. The maximum absolute atomic E-state index is 18.0. The molecule has 96 heavy (non-hydrogen) atoms. The summed E-state index contributed by atoms with van der Waals surface area (Å²) >= 11 is 0.513. The van der Waals surface area contributed by atoms with E-state index in [1.807, 2.05) is 0 Å². The summed E-state index contributed by atoms with van der Waals surface area (Å²) in [6.45, 7) is -2.87. The standard InChI is InChI=1S/C74H39B2F14N5S/c77-49-24-13-25-50(78)68(49)91(40-17-3-1-4-18-40)42-35-60-65-61(36-42)94(70-53(81)28-15-29-54(70)82)58-33-11-8-22-45(58)75(65)47-39-48-72(64(74(88,89)90)67(47)93(60)57-32-10-7-21-44(57)73(85,86)87)96-63-38-43(92(41-19-5-2-6-20-41)69-51(79)26-14-27-52(69)80)37-62-66(63)76(48)46-23-9-12-34-59(46)95(62)71-55(83)30-16-31-56(71)84/h1-39H. The molecule has 470 valence electrons. The lowest BCUT2D eigenvalue weighted by atomic mass is 9.30. The molecule has 4 aliphatic rings. The average Bonchev–Trinajstić information content (AvgIpc) is 0.678. The minimum absolute atomic E-state index is 0.0128. The molecule has 0 fully saturated rings. The number of alkyl halides is 6. The molecule has 0 bridgehead atoms. The summed E-state index contributed by atoms with van der Waals surface area (Å²) in [5.74, 6) is -8.87. The molecular formula is C74H39B2F14N5S. The number of anilines is 15. The Bertz CT molecular complexity index is 5130. The molecule has 0 saturated carbocycles. The van der Waals surface area contributed by atoms with Gasteiger partial charge in [0.15, 0.2) is 0 Å². The van der Waals surface area contributed by atoms with Gasteiger partial charge < -0.3 is 24.5 Å². The monoisotopic (exact) mass is 1320 g/mol. The minimum Gasteiger partial charge on any atom is -0.310 e. The summed E-state index contributed by atoms with van der Waals surface area (Å²) in [5, 5.41) is 0. The fourth-order valence-electron chi connectivity index (χ4n) is 14.2. The maximum Gasteiger partial charge on any atom is 0.419 e.